The van der Waals surface area contributed by atoms with Crippen molar-refractivity contribution in [2.45, 2.75) is 26.2 Å². The minimum atomic E-state index is -0.119. The van der Waals surface area contributed by atoms with Crippen molar-refractivity contribution < 1.29 is 14.7 Å². The van der Waals surface area contributed by atoms with Crippen molar-refractivity contribution in [1.29, 1.82) is 0 Å². The second kappa shape index (κ2) is 5.64. The van der Waals surface area contributed by atoms with Gasteiger partial charge in [0.1, 0.15) is 6.54 Å². The van der Waals surface area contributed by atoms with Gasteiger partial charge in [0.15, 0.2) is 5.69 Å². The lowest BCUT2D eigenvalue weighted by Crippen LogP contribution is -3.07. The van der Waals surface area contributed by atoms with Crippen LogP contribution in [0.4, 0.5) is 5.69 Å². The van der Waals surface area contributed by atoms with Gasteiger partial charge in [-0.1, -0.05) is 25.5 Å². The van der Waals surface area contributed by atoms with Gasteiger partial charge in [-0.3, -0.25) is 4.84 Å². The highest BCUT2D eigenvalue weighted by molar-refractivity contribution is 5.69. The highest BCUT2D eigenvalue weighted by Gasteiger charge is 2.22. The number of carbonyl (C=O) groups excluding carboxylic acids is 1. The maximum atomic E-state index is 11.6. The summed E-state index contributed by atoms with van der Waals surface area (Å²) >= 11 is 0. The highest BCUT2D eigenvalue weighted by atomic mass is 16.7. The van der Waals surface area contributed by atoms with E-state index in [1.165, 1.54) is 0 Å². The summed E-state index contributed by atoms with van der Waals surface area (Å²) in [5, 5.41) is 0.782. The van der Waals surface area contributed by atoms with Crippen LogP contribution in [0.3, 0.4) is 0 Å². The summed E-state index contributed by atoms with van der Waals surface area (Å²) in [6.45, 7) is 2.77. The highest BCUT2D eigenvalue weighted by Crippen LogP contribution is 2.14. The first-order chi connectivity index (χ1) is 8.31. The predicted molar refractivity (Wildman–Crippen MR) is 66.6 cm³/mol. The van der Waals surface area contributed by atoms with Gasteiger partial charge in [0.05, 0.1) is 6.42 Å². The number of para-hydroxylation sites is 1. The van der Waals surface area contributed by atoms with E-state index in [1.807, 2.05) is 30.3 Å². The van der Waals surface area contributed by atoms with Crippen molar-refractivity contribution in [2.75, 3.05) is 6.54 Å². The van der Waals surface area contributed by atoms with Crippen molar-refractivity contribution >= 4 is 17.7 Å². The van der Waals surface area contributed by atoms with Gasteiger partial charge in [-0.05, 0) is 24.6 Å². The molecule has 0 bridgehead atoms. The normalized spacial score (nSPS) is 17.6. The van der Waals surface area contributed by atoms with Crippen molar-refractivity contribution in [3.05, 3.63) is 35.9 Å². The molecule has 0 aromatic heterocycles. The number of benzene rings is 1. The smallest absolute Gasteiger partial charge is 0.273 e. The topological polar surface area (TPSA) is 30.7 Å². The van der Waals surface area contributed by atoms with Crippen molar-refractivity contribution in [3.63, 3.8) is 0 Å². The van der Waals surface area contributed by atoms with E-state index in [-0.39, 0.29) is 5.97 Å². The lowest BCUT2D eigenvalue weighted by molar-refractivity contribution is -1.02. The Kier molecular flexibility index (Phi) is 3.94. The predicted octanol–water partition coefficient (Wildman–Crippen LogP) is 1.88. The van der Waals surface area contributed by atoms with Gasteiger partial charge >= 0.3 is 5.97 Å². The number of quaternary nitrogens is 1. The molecule has 0 saturated heterocycles. The minimum absolute atomic E-state index is 0.119. The Balaban J connectivity index is 2.03. The number of nitrogens with one attached hydrogen (secondary N) is 1. The molecular weight excluding hydrogens is 214 g/mol. The van der Waals surface area contributed by atoms with Gasteiger partial charge in [0.2, 0.25) is 0 Å². The largest absolute Gasteiger partial charge is 0.367 e. The van der Waals surface area contributed by atoms with Gasteiger partial charge in [0, 0.05) is 11.6 Å². The molecule has 17 heavy (non-hydrogen) atoms. The quantitative estimate of drug-likeness (QED) is 0.859. The fraction of sp³-hybridized carbons (Fsp3) is 0.357. The van der Waals surface area contributed by atoms with E-state index in [9.17, 15) is 4.79 Å². The summed E-state index contributed by atoms with van der Waals surface area (Å²) in [5.74, 6) is -0.119. The zero-order chi connectivity index (χ0) is 12.1. The van der Waals surface area contributed by atoms with E-state index in [0.29, 0.717) is 13.0 Å². The number of hydrogen-bond donors (Lipinski definition) is 1. The Bertz CT molecular complexity index is 426. The maximum absolute atomic E-state index is 11.6. The molecule has 1 heterocycles. The van der Waals surface area contributed by atoms with Crippen molar-refractivity contribution in [3.8, 4) is 0 Å². The van der Waals surface area contributed by atoms with Gasteiger partial charge in [-0.2, -0.15) is 0 Å². The molecular formula is C14H18NO2+. The molecule has 3 heteroatoms. The molecule has 3 nitrogen and oxygen atoms in total. The Hall–Kier alpha value is -1.61. The summed E-state index contributed by atoms with van der Waals surface area (Å²) in [6, 6.07) is 8.00. The third kappa shape index (κ3) is 2.94. The van der Waals surface area contributed by atoms with Crippen LogP contribution in [0.2, 0.25) is 0 Å². The second-order valence-electron chi connectivity index (χ2n) is 4.19. The molecule has 1 aromatic carbocycles. The zero-order valence-corrected chi connectivity index (χ0v) is 10.1. The summed E-state index contributed by atoms with van der Waals surface area (Å²) < 4.78 is 0. The van der Waals surface area contributed by atoms with Crippen LogP contribution in [-0.2, 0) is 9.63 Å². The first-order valence-electron chi connectivity index (χ1n) is 6.13. The van der Waals surface area contributed by atoms with E-state index in [4.69, 9.17) is 4.84 Å². The average molecular weight is 232 g/mol. The molecule has 2 rings (SSSR count). The standard InChI is InChI=1S/C14H17NO2/c1-2-3-10-14(16)17-15-11-6-8-12-7-4-5-9-13(12)15/h4-9H,2-3,10-11H2,1H3/p+1. The van der Waals surface area contributed by atoms with Crippen LogP contribution in [0.15, 0.2) is 30.3 Å². The number of unbranched alkanes of at least 4 members (excludes halogenated alkanes) is 1. The summed E-state index contributed by atoms with van der Waals surface area (Å²) in [4.78, 5) is 17.1. The number of carbonyl (C=O) groups is 1. The molecule has 0 saturated carbocycles. The van der Waals surface area contributed by atoms with Crippen molar-refractivity contribution in [2.24, 2.45) is 0 Å². The van der Waals surface area contributed by atoms with Crippen LogP contribution in [0.25, 0.3) is 6.08 Å². The molecule has 0 fully saturated rings. The monoisotopic (exact) mass is 232 g/mol. The molecule has 0 amide bonds. The van der Waals surface area contributed by atoms with Gasteiger partial charge in [0.25, 0.3) is 0 Å². The average Bonchev–Trinajstić information content (AvgIpc) is 2.37. The molecule has 1 atom stereocenters. The molecule has 0 aliphatic carbocycles. The first kappa shape index (κ1) is 11.9. The van der Waals surface area contributed by atoms with Gasteiger partial charge in [-0.15, -0.1) is 5.06 Å². The molecule has 1 unspecified atom stereocenters. The fourth-order valence-electron chi connectivity index (χ4n) is 1.91. The maximum Gasteiger partial charge on any atom is 0.367 e. The van der Waals surface area contributed by atoms with Crippen molar-refractivity contribution in [1.82, 2.24) is 0 Å². The Morgan fingerprint density at radius 3 is 3.06 bits per heavy atom. The first-order valence-corrected chi connectivity index (χ1v) is 6.13. The molecule has 1 N–H and O–H groups in total. The summed E-state index contributed by atoms with van der Waals surface area (Å²) in [5.41, 5.74) is 2.16. The van der Waals surface area contributed by atoms with E-state index in [2.05, 4.69) is 13.0 Å². The van der Waals surface area contributed by atoms with E-state index < -0.39 is 0 Å². The number of rotatable bonds is 4. The van der Waals surface area contributed by atoms with Crippen LogP contribution < -0.4 is 5.06 Å². The van der Waals surface area contributed by atoms with Crippen LogP contribution in [0.5, 0.6) is 0 Å². The Morgan fingerprint density at radius 2 is 2.24 bits per heavy atom. The number of hydrogen-bond acceptors (Lipinski definition) is 2. The number of hydroxylamine groups is 1. The summed E-state index contributed by atoms with van der Waals surface area (Å²) in [7, 11) is 0. The SMILES string of the molecule is CCCCC(=O)O[NH+]1CC=Cc2ccccc21. The minimum Gasteiger partial charge on any atom is -0.273 e. The Labute approximate surface area is 102 Å². The Morgan fingerprint density at radius 1 is 1.41 bits per heavy atom. The van der Waals surface area contributed by atoms with Gasteiger partial charge < -0.3 is 0 Å². The fourth-order valence-corrected chi connectivity index (χ4v) is 1.91. The van der Waals surface area contributed by atoms with Gasteiger partial charge in [-0.25, -0.2) is 4.79 Å². The molecule has 1 aliphatic heterocycles. The van der Waals surface area contributed by atoms with Crippen LogP contribution in [0, 0.1) is 0 Å². The molecule has 0 radical (unpaired) electrons. The summed E-state index contributed by atoms with van der Waals surface area (Å²) in [6.07, 6.45) is 6.51. The van der Waals surface area contributed by atoms with E-state index >= 15 is 0 Å². The van der Waals surface area contributed by atoms with Crippen LogP contribution in [-0.4, -0.2) is 12.5 Å². The lowest BCUT2D eigenvalue weighted by atomic mass is 10.1. The molecule has 1 aliphatic rings. The third-order valence-corrected chi connectivity index (χ3v) is 2.83. The molecule has 0 spiro atoms. The van der Waals surface area contributed by atoms with Crippen LogP contribution >= 0.6 is 0 Å². The van der Waals surface area contributed by atoms with E-state index in [0.717, 1.165) is 29.2 Å². The van der Waals surface area contributed by atoms with Crippen LogP contribution in [0.1, 0.15) is 31.7 Å². The third-order valence-electron chi connectivity index (χ3n) is 2.83. The molecule has 1 aromatic rings. The second-order valence-corrected chi connectivity index (χ2v) is 4.19. The van der Waals surface area contributed by atoms with E-state index in [1.54, 1.807) is 0 Å². The molecule has 90 valence electrons. The number of fused-ring (bicyclic) bond motifs is 1. The lowest BCUT2D eigenvalue weighted by Gasteiger charge is -2.19. The zero-order valence-electron chi connectivity index (χ0n) is 10.1.